The van der Waals surface area contributed by atoms with Crippen LogP contribution in [-0.2, 0) is 12.8 Å². The summed E-state index contributed by atoms with van der Waals surface area (Å²) in [5, 5.41) is 5.92. The van der Waals surface area contributed by atoms with Crippen molar-refractivity contribution in [3.05, 3.63) is 64.3 Å². The normalized spacial score (nSPS) is 17.9. The third-order valence-electron chi connectivity index (χ3n) is 5.36. The lowest BCUT2D eigenvalue weighted by Gasteiger charge is -2.27. The monoisotopic (exact) mass is 368 g/mol. The van der Waals surface area contributed by atoms with E-state index < -0.39 is 0 Å². The van der Waals surface area contributed by atoms with E-state index in [2.05, 4.69) is 41.5 Å². The molecule has 4 heteroatoms. The summed E-state index contributed by atoms with van der Waals surface area (Å²) in [5.41, 5.74) is 5.29. The fraction of sp³-hybridized carbons (Fsp3) is 0.364. The van der Waals surface area contributed by atoms with Gasteiger partial charge in [-0.25, -0.2) is 0 Å². The highest BCUT2D eigenvalue weighted by atomic mass is 35.5. The van der Waals surface area contributed by atoms with Crippen LogP contribution in [0.15, 0.2) is 42.5 Å². The van der Waals surface area contributed by atoms with Crippen LogP contribution in [0.4, 0.5) is 0 Å². The summed E-state index contributed by atoms with van der Waals surface area (Å²) in [7, 11) is 1.70. The first-order valence-electron chi connectivity index (χ1n) is 9.33. The van der Waals surface area contributed by atoms with Crippen molar-refractivity contribution < 1.29 is 4.74 Å². The second-order valence-electron chi connectivity index (χ2n) is 7.27. The number of aromatic amines is 1. The number of halogens is 1. The molecule has 136 valence electrons. The van der Waals surface area contributed by atoms with Crippen molar-refractivity contribution in [1.82, 2.24) is 10.3 Å². The zero-order chi connectivity index (χ0) is 18.1. The third-order valence-corrected chi connectivity index (χ3v) is 5.59. The Bertz CT molecular complexity index is 900. The van der Waals surface area contributed by atoms with Gasteiger partial charge in [-0.2, -0.15) is 0 Å². The van der Waals surface area contributed by atoms with Crippen LogP contribution in [0.1, 0.15) is 42.6 Å². The van der Waals surface area contributed by atoms with E-state index in [0.29, 0.717) is 12.1 Å². The van der Waals surface area contributed by atoms with Crippen LogP contribution in [0, 0.1) is 0 Å². The standard InChI is InChI=1S/C22H25ClN2O/c1-14(12-15-6-9-17(26-2)10-7-15)24-21-5-3-4-18-19-13-16(23)8-11-20(19)25-22(18)21/h6-11,13-14,21,24-25H,3-5,12H2,1-2H3. The van der Waals surface area contributed by atoms with Crippen LogP contribution in [0.5, 0.6) is 5.75 Å². The molecule has 0 aliphatic heterocycles. The maximum Gasteiger partial charge on any atom is 0.118 e. The summed E-state index contributed by atoms with van der Waals surface area (Å²) in [4.78, 5) is 3.64. The number of hydrogen-bond donors (Lipinski definition) is 2. The predicted molar refractivity (Wildman–Crippen MR) is 108 cm³/mol. The van der Waals surface area contributed by atoms with Gasteiger partial charge in [-0.05, 0) is 74.1 Å². The molecule has 4 rings (SSSR count). The van der Waals surface area contributed by atoms with E-state index in [0.717, 1.165) is 23.6 Å². The van der Waals surface area contributed by atoms with Crippen LogP contribution >= 0.6 is 11.6 Å². The van der Waals surface area contributed by atoms with E-state index in [-0.39, 0.29) is 0 Å². The molecule has 1 aliphatic rings. The van der Waals surface area contributed by atoms with Crippen LogP contribution in [0.2, 0.25) is 5.02 Å². The number of aryl methyl sites for hydroxylation is 1. The van der Waals surface area contributed by atoms with Gasteiger partial charge in [-0.1, -0.05) is 23.7 Å². The van der Waals surface area contributed by atoms with Gasteiger partial charge < -0.3 is 15.0 Å². The molecule has 0 saturated heterocycles. The molecule has 2 N–H and O–H groups in total. The molecular formula is C22H25ClN2O. The quantitative estimate of drug-likeness (QED) is 0.630. The number of benzene rings is 2. The first kappa shape index (κ1) is 17.4. The lowest BCUT2D eigenvalue weighted by atomic mass is 9.91. The van der Waals surface area contributed by atoms with Gasteiger partial charge >= 0.3 is 0 Å². The summed E-state index contributed by atoms with van der Waals surface area (Å²) in [5.74, 6) is 0.906. The second-order valence-corrected chi connectivity index (χ2v) is 7.71. The number of aromatic nitrogens is 1. The maximum absolute atomic E-state index is 6.21. The summed E-state index contributed by atoms with van der Waals surface area (Å²) in [6.07, 6.45) is 4.50. The highest BCUT2D eigenvalue weighted by Crippen LogP contribution is 2.36. The van der Waals surface area contributed by atoms with Gasteiger partial charge in [0.2, 0.25) is 0 Å². The molecule has 26 heavy (non-hydrogen) atoms. The molecule has 2 aromatic carbocycles. The second kappa shape index (κ2) is 7.34. The molecule has 0 amide bonds. The Kier molecular flexibility index (Phi) is 4.92. The van der Waals surface area contributed by atoms with Gasteiger partial charge in [-0.3, -0.25) is 0 Å². The van der Waals surface area contributed by atoms with E-state index in [1.807, 2.05) is 18.2 Å². The Hall–Kier alpha value is -1.97. The van der Waals surface area contributed by atoms with E-state index in [1.165, 1.54) is 40.6 Å². The summed E-state index contributed by atoms with van der Waals surface area (Å²) >= 11 is 6.21. The van der Waals surface area contributed by atoms with Gasteiger partial charge in [0.25, 0.3) is 0 Å². The number of nitrogens with one attached hydrogen (secondary N) is 2. The van der Waals surface area contributed by atoms with Gasteiger partial charge in [-0.15, -0.1) is 0 Å². The number of fused-ring (bicyclic) bond motifs is 3. The smallest absolute Gasteiger partial charge is 0.118 e. The molecule has 1 aromatic heterocycles. The van der Waals surface area contributed by atoms with Crippen molar-refractivity contribution in [2.75, 3.05) is 7.11 Å². The Labute approximate surface area is 159 Å². The molecular weight excluding hydrogens is 344 g/mol. The predicted octanol–water partition coefficient (Wildman–Crippen LogP) is 5.43. The first-order chi connectivity index (χ1) is 12.6. The van der Waals surface area contributed by atoms with Crippen molar-refractivity contribution >= 4 is 22.5 Å². The molecule has 0 radical (unpaired) electrons. The SMILES string of the molecule is COc1ccc(CC(C)NC2CCCc3c2[nH]c2ccc(Cl)cc32)cc1. The van der Waals surface area contributed by atoms with Crippen LogP contribution < -0.4 is 10.1 Å². The molecule has 0 fully saturated rings. The Morgan fingerprint density at radius 3 is 2.81 bits per heavy atom. The molecule has 0 spiro atoms. The van der Waals surface area contributed by atoms with Crippen molar-refractivity contribution in [1.29, 1.82) is 0 Å². The Morgan fingerprint density at radius 1 is 1.23 bits per heavy atom. The molecule has 2 unspecified atom stereocenters. The highest BCUT2D eigenvalue weighted by Gasteiger charge is 2.25. The molecule has 0 bridgehead atoms. The van der Waals surface area contributed by atoms with Crippen molar-refractivity contribution in [3.8, 4) is 5.75 Å². The number of ether oxygens (including phenoxy) is 1. The lowest BCUT2D eigenvalue weighted by molar-refractivity contribution is 0.401. The van der Waals surface area contributed by atoms with Crippen molar-refractivity contribution in [2.45, 2.75) is 44.7 Å². The molecule has 3 nitrogen and oxygen atoms in total. The molecule has 0 saturated carbocycles. The lowest BCUT2D eigenvalue weighted by Crippen LogP contribution is -2.34. The number of rotatable bonds is 5. The summed E-state index contributed by atoms with van der Waals surface area (Å²) in [6, 6.07) is 15.3. The van der Waals surface area contributed by atoms with E-state index in [4.69, 9.17) is 16.3 Å². The van der Waals surface area contributed by atoms with Crippen molar-refractivity contribution in [2.24, 2.45) is 0 Å². The largest absolute Gasteiger partial charge is 0.497 e. The first-order valence-corrected chi connectivity index (χ1v) is 9.71. The fourth-order valence-corrected chi connectivity index (χ4v) is 4.29. The van der Waals surface area contributed by atoms with Gasteiger partial charge in [0, 0.05) is 33.7 Å². The zero-order valence-electron chi connectivity index (χ0n) is 15.3. The number of methoxy groups -OCH3 is 1. The van der Waals surface area contributed by atoms with Crippen molar-refractivity contribution in [3.63, 3.8) is 0 Å². The maximum atomic E-state index is 6.21. The minimum absolute atomic E-state index is 0.373. The van der Waals surface area contributed by atoms with E-state index in [9.17, 15) is 0 Å². The minimum Gasteiger partial charge on any atom is -0.497 e. The molecule has 3 aromatic rings. The Balaban J connectivity index is 1.51. The average Bonchev–Trinajstić information content (AvgIpc) is 3.01. The van der Waals surface area contributed by atoms with Crippen LogP contribution in [-0.4, -0.2) is 18.1 Å². The molecule has 1 aliphatic carbocycles. The minimum atomic E-state index is 0.373. The highest BCUT2D eigenvalue weighted by molar-refractivity contribution is 6.31. The van der Waals surface area contributed by atoms with Crippen LogP contribution in [0.25, 0.3) is 10.9 Å². The fourth-order valence-electron chi connectivity index (χ4n) is 4.12. The molecule has 2 atom stereocenters. The molecule has 1 heterocycles. The topological polar surface area (TPSA) is 37.0 Å². The van der Waals surface area contributed by atoms with Gasteiger partial charge in [0.1, 0.15) is 5.75 Å². The summed E-state index contributed by atoms with van der Waals surface area (Å²) in [6.45, 7) is 2.26. The zero-order valence-corrected chi connectivity index (χ0v) is 16.1. The third kappa shape index (κ3) is 3.46. The Morgan fingerprint density at radius 2 is 2.04 bits per heavy atom. The van der Waals surface area contributed by atoms with E-state index >= 15 is 0 Å². The van der Waals surface area contributed by atoms with Gasteiger partial charge in [0.15, 0.2) is 0 Å². The summed E-state index contributed by atoms with van der Waals surface area (Å²) < 4.78 is 5.24. The number of hydrogen-bond acceptors (Lipinski definition) is 2. The van der Waals surface area contributed by atoms with Gasteiger partial charge in [0.05, 0.1) is 7.11 Å². The van der Waals surface area contributed by atoms with Crippen LogP contribution in [0.3, 0.4) is 0 Å². The number of H-pyrrole nitrogens is 1. The average molecular weight is 369 g/mol. The van der Waals surface area contributed by atoms with E-state index in [1.54, 1.807) is 7.11 Å².